The van der Waals surface area contributed by atoms with Gasteiger partial charge in [0.05, 0.1) is 0 Å². The van der Waals surface area contributed by atoms with Crippen LogP contribution in [0.1, 0.15) is 30.4 Å². The molecule has 0 spiro atoms. The van der Waals surface area contributed by atoms with Gasteiger partial charge >= 0.3 is 11.9 Å². The molecule has 1 aromatic rings. The Kier molecular flexibility index (Phi) is 6.39. The predicted octanol–water partition coefficient (Wildman–Crippen LogP) is 1.36. The molecule has 0 aliphatic heterocycles. The van der Waals surface area contributed by atoms with Crippen molar-refractivity contribution in [2.45, 2.75) is 38.6 Å². The third-order valence-corrected chi connectivity index (χ3v) is 3.04. The second kappa shape index (κ2) is 8.04. The summed E-state index contributed by atoms with van der Waals surface area (Å²) in [6.07, 6.45) is 0.257. The second-order valence-electron chi connectivity index (χ2n) is 4.88. The number of hydrogen-bond donors (Lipinski definition) is 3. The van der Waals surface area contributed by atoms with Crippen LogP contribution in [0.25, 0.3) is 0 Å². The molecule has 6 nitrogen and oxygen atoms in total. The van der Waals surface area contributed by atoms with Crippen molar-refractivity contribution in [1.82, 2.24) is 5.32 Å². The molecule has 0 saturated heterocycles. The summed E-state index contributed by atoms with van der Waals surface area (Å²) in [4.78, 5) is 33.1. The molecule has 6 heteroatoms. The smallest absolute Gasteiger partial charge is 0.326 e. The van der Waals surface area contributed by atoms with Crippen molar-refractivity contribution < 1.29 is 24.6 Å². The van der Waals surface area contributed by atoms with E-state index in [1.165, 1.54) is 0 Å². The fraction of sp³-hybridized carbons (Fsp3) is 0.400. The number of carboxylic acids is 2. The first-order valence-corrected chi connectivity index (χ1v) is 6.68. The van der Waals surface area contributed by atoms with E-state index in [4.69, 9.17) is 10.2 Å². The number of hydrogen-bond acceptors (Lipinski definition) is 3. The van der Waals surface area contributed by atoms with Gasteiger partial charge in [-0.2, -0.15) is 0 Å². The number of amides is 1. The van der Waals surface area contributed by atoms with Gasteiger partial charge < -0.3 is 15.5 Å². The lowest BCUT2D eigenvalue weighted by Crippen LogP contribution is -2.41. The monoisotopic (exact) mass is 293 g/mol. The first-order valence-electron chi connectivity index (χ1n) is 6.68. The third-order valence-electron chi connectivity index (χ3n) is 3.04. The lowest BCUT2D eigenvalue weighted by atomic mass is 10.1. The Balaban J connectivity index is 2.44. The number of carbonyl (C=O) groups is 3. The minimum Gasteiger partial charge on any atom is -0.481 e. The van der Waals surface area contributed by atoms with Crippen LogP contribution in [0.4, 0.5) is 0 Å². The highest BCUT2D eigenvalue weighted by Crippen LogP contribution is 2.06. The van der Waals surface area contributed by atoms with Crippen LogP contribution in [0, 0.1) is 6.92 Å². The van der Waals surface area contributed by atoms with Crippen LogP contribution in [-0.2, 0) is 20.8 Å². The largest absolute Gasteiger partial charge is 0.481 e. The van der Waals surface area contributed by atoms with Gasteiger partial charge in [0.25, 0.3) is 0 Å². The fourth-order valence-corrected chi connectivity index (χ4v) is 1.80. The maximum atomic E-state index is 11.7. The number of benzene rings is 1. The molecule has 0 bridgehead atoms. The molecule has 114 valence electrons. The summed E-state index contributed by atoms with van der Waals surface area (Å²) in [7, 11) is 0. The number of aliphatic carboxylic acids is 2. The summed E-state index contributed by atoms with van der Waals surface area (Å²) < 4.78 is 0. The van der Waals surface area contributed by atoms with E-state index in [9.17, 15) is 14.4 Å². The van der Waals surface area contributed by atoms with Crippen molar-refractivity contribution in [3.8, 4) is 0 Å². The average molecular weight is 293 g/mol. The zero-order chi connectivity index (χ0) is 15.8. The standard InChI is InChI=1S/C15H19NO5/c1-10-2-4-11(5-3-10)6-8-13(17)16-12(15(20)21)7-9-14(18)19/h2-5,12H,6-9H2,1H3,(H,16,17)(H,18,19)(H,20,21)/t12-/m0/s1. The number of carbonyl (C=O) groups excluding carboxylic acids is 1. The number of nitrogens with one attached hydrogen (secondary N) is 1. The van der Waals surface area contributed by atoms with Gasteiger partial charge in [-0.1, -0.05) is 29.8 Å². The van der Waals surface area contributed by atoms with E-state index < -0.39 is 23.9 Å². The second-order valence-corrected chi connectivity index (χ2v) is 4.88. The molecule has 1 rings (SSSR count). The first-order chi connectivity index (χ1) is 9.88. The molecule has 0 aliphatic carbocycles. The summed E-state index contributed by atoms with van der Waals surface area (Å²) in [6.45, 7) is 1.97. The molecule has 0 heterocycles. The lowest BCUT2D eigenvalue weighted by molar-refractivity contribution is -0.143. The lowest BCUT2D eigenvalue weighted by Gasteiger charge is -2.13. The molecule has 1 aromatic carbocycles. The van der Waals surface area contributed by atoms with Crippen molar-refractivity contribution in [2.24, 2.45) is 0 Å². The zero-order valence-corrected chi connectivity index (χ0v) is 11.8. The molecular formula is C15H19NO5. The van der Waals surface area contributed by atoms with Gasteiger partial charge in [0.15, 0.2) is 0 Å². The van der Waals surface area contributed by atoms with Gasteiger partial charge in [0.1, 0.15) is 6.04 Å². The van der Waals surface area contributed by atoms with Crippen molar-refractivity contribution in [2.75, 3.05) is 0 Å². The fourth-order valence-electron chi connectivity index (χ4n) is 1.80. The predicted molar refractivity (Wildman–Crippen MR) is 75.9 cm³/mol. The van der Waals surface area contributed by atoms with Gasteiger partial charge in [0, 0.05) is 12.8 Å². The van der Waals surface area contributed by atoms with E-state index in [0.29, 0.717) is 6.42 Å². The van der Waals surface area contributed by atoms with E-state index in [1.807, 2.05) is 31.2 Å². The van der Waals surface area contributed by atoms with Gasteiger partial charge in [-0.15, -0.1) is 0 Å². The highest BCUT2D eigenvalue weighted by molar-refractivity contribution is 5.84. The minimum absolute atomic E-state index is 0.124. The van der Waals surface area contributed by atoms with Gasteiger partial charge in [-0.05, 0) is 25.3 Å². The summed E-state index contributed by atoms with van der Waals surface area (Å²) >= 11 is 0. The van der Waals surface area contributed by atoms with Crippen molar-refractivity contribution in [3.05, 3.63) is 35.4 Å². The number of rotatable bonds is 8. The highest BCUT2D eigenvalue weighted by atomic mass is 16.4. The van der Waals surface area contributed by atoms with E-state index >= 15 is 0 Å². The Morgan fingerprint density at radius 1 is 1.10 bits per heavy atom. The van der Waals surface area contributed by atoms with Gasteiger partial charge in [-0.3, -0.25) is 9.59 Å². The van der Waals surface area contributed by atoms with E-state index in [2.05, 4.69) is 5.32 Å². The van der Waals surface area contributed by atoms with Crippen LogP contribution in [0.3, 0.4) is 0 Å². The van der Waals surface area contributed by atoms with Crippen LogP contribution in [0.5, 0.6) is 0 Å². The third kappa shape index (κ3) is 6.56. The molecule has 3 N–H and O–H groups in total. The van der Waals surface area contributed by atoms with E-state index in [-0.39, 0.29) is 19.3 Å². The Bertz CT molecular complexity index is 509. The summed E-state index contributed by atoms with van der Waals surface area (Å²) in [5.74, 6) is -2.71. The SMILES string of the molecule is Cc1ccc(CCC(=O)N[C@@H](CCC(=O)O)C(=O)O)cc1. The van der Waals surface area contributed by atoms with Gasteiger partial charge in [0.2, 0.25) is 5.91 Å². The molecule has 21 heavy (non-hydrogen) atoms. The molecule has 0 aliphatic rings. The van der Waals surface area contributed by atoms with Crippen LogP contribution >= 0.6 is 0 Å². The molecule has 1 atom stereocenters. The Hall–Kier alpha value is -2.37. The van der Waals surface area contributed by atoms with Crippen molar-refractivity contribution in [1.29, 1.82) is 0 Å². The molecule has 1 amide bonds. The molecule has 0 saturated carbocycles. The van der Waals surface area contributed by atoms with Crippen molar-refractivity contribution in [3.63, 3.8) is 0 Å². The molecule has 0 aromatic heterocycles. The van der Waals surface area contributed by atoms with Crippen LogP contribution < -0.4 is 5.32 Å². The topological polar surface area (TPSA) is 104 Å². The van der Waals surface area contributed by atoms with Crippen LogP contribution in [-0.4, -0.2) is 34.1 Å². The maximum Gasteiger partial charge on any atom is 0.326 e. The Labute approximate surface area is 122 Å². The Morgan fingerprint density at radius 2 is 1.71 bits per heavy atom. The van der Waals surface area contributed by atoms with Crippen LogP contribution in [0.15, 0.2) is 24.3 Å². The average Bonchev–Trinajstić information content (AvgIpc) is 2.42. The molecule has 0 radical (unpaired) electrons. The molecule has 0 fully saturated rings. The highest BCUT2D eigenvalue weighted by Gasteiger charge is 2.20. The molecule has 0 unspecified atom stereocenters. The summed E-state index contributed by atoms with van der Waals surface area (Å²) in [5.41, 5.74) is 2.12. The summed E-state index contributed by atoms with van der Waals surface area (Å²) in [5, 5.41) is 19.8. The van der Waals surface area contributed by atoms with Crippen molar-refractivity contribution >= 4 is 17.8 Å². The normalized spacial score (nSPS) is 11.7. The molecular weight excluding hydrogens is 274 g/mol. The minimum atomic E-state index is -1.22. The first kappa shape index (κ1) is 16.7. The Morgan fingerprint density at radius 3 is 2.24 bits per heavy atom. The number of aryl methyl sites for hydroxylation is 2. The van der Waals surface area contributed by atoms with Crippen LogP contribution in [0.2, 0.25) is 0 Å². The van der Waals surface area contributed by atoms with Gasteiger partial charge in [-0.25, -0.2) is 4.79 Å². The quantitative estimate of drug-likeness (QED) is 0.671. The zero-order valence-electron chi connectivity index (χ0n) is 11.8. The summed E-state index contributed by atoms with van der Waals surface area (Å²) in [6, 6.07) is 6.57. The maximum absolute atomic E-state index is 11.7. The van der Waals surface area contributed by atoms with E-state index in [1.54, 1.807) is 0 Å². The van der Waals surface area contributed by atoms with E-state index in [0.717, 1.165) is 11.1 Å². The number of carboxylic acid groups (broad SMARTS) is 2.